The summed E-state index contributed by atoms with van der Waals surface area (Å²) in [6.07, 6.45) is 0. The van der Waals surface area contributed by atoms with Gasteiger partial charge in [-0.2, -0.15) is 0 Å². The third kappa shape index (κ3) is 4.98. The summed E-state index contributed by atoms with van der Waals surface area (Å²) in [5.74, 6) is 1.85. The molecule has 0 fully saturated rings. The van der Waals surface area contributed by atoms with E-state index in [0.717, 1.165) is 44.2 Å². The van der Waals surface area contributed by atoms with Gasteiger partial charge in [-0.15, -0.1) is 11.3 Å². The molecule has 0 amide bonds. The van der Waals surface area contributed by atoms with Crippen LogP contribution >= 0.6 is 11.3 Å². The van der Waals surface area contributed by atoms with Crippen LogP contribution in [0.1, 0.15) is 0 Å². The van der Waals surface area contributed by atoms with Crippen molar-refractivity contribution in [3.63, 3.8) is 0 Å². The highest BCUT2D eigenvalue weighted by Crippen LogP contribution is 2.47. The zero-order valence-electron chi connectivity index (χ0n) is 30.4. The molecule has 0 aliphatic rings. The van der Waals surface area contributed by atoms with E-state index in [2.05, 4.69) is 126 Å². The molecule has 266 valence electrons. The lowest BCUT2D eigenvalue weighted by Gasteiger charge is -2.12. The summed E-state index contributed by atoms with van der Waals surface area (Å²) in [4.78, 5) is 14.9. The largest absolute Gasteiger partial charge is 0.456 e. The Morgan fingerprint density at radius 1 is 0.386 bits per heavy atom. The zero-order valence-corrected chi connectivity index (χ0v) is 31.2. The third-order valence-corrected chi connectivity index (χ3v) is 12.2. The highest BCUT2D eigenvalue weighted by molar-refractivity contribution is 7.26. The first-order chi connectivity index (χ1) is 28.3. The number of para-hydroxylation sites is 2. The topological polar surface area (TPSA) is 56.7 Å². The molecule has 0 saturated heterocycles. The molecule has 0 aliphatic carbocycles. The van der Waals surface area contributed by atoms with Crippen LogP contribution in [0.15, 0.2) is 186 Å². The van der Waals surface area contributed by atoms with Crippen molar-refractivity contribution in [1.82, 2.24) is 19.5 Å². The summed E-state index contributed by atoms with van der Waals surface area (Å²) >= 11 is 1.85. The van der Waals surface area contributed by atoms with Gasteiger partial charge in [-0.05, 0) is 59.7 Å². The number of hydrogen-bond acceptors (Lipinski definition) is 5. The van der Waals surface area contributed by atoms with E-state index >= 15 is 0 Å². The van der Waals surface area contributed by atoms with Gasteiger partial charge in [0.15, 0.2) is 17.5 Å². The molecule has 0 bridgehead atoms. The first-order valence-electron chi connectivity index (χ1n) is 19.0. The van der Waals surface area contributed by atoms with E-state index in [1.165, 1.54) is 53.2 Å². The maximum absolute atomic E-state index is 6.69. The lowest BCUT2D eigenvalue weighted by Crippen LogP contribution is -2.00. The lowest BCUT2D eigenvalue weighted by atomic mass is 9.95. The number of benzene rings is 8. The fourth-order valence-corrected chi connectivity index (χ4v) is 9.72. The summed E-state index contributed by atoms with van der Waals surface area (Å²) in [5.41, 5.74) is 10.3. The van der Waals surface area contributed by atoms with E-state index in [1.54, 1.807) is 0 Å². The number of fused-ring (bicyclic) bond motifs is 9. The van der Waals surface area contributed by atoms with Gasteiger partial charge < -0.3 is 8.98 Å². The van der Waals surface area contributed by atoms with Gasteiger partial charge in [0.1, 0.15) is 11.2 Å². The normalized spacial score (nSPS) is 11.9. The van der Waals surface area contributed by atoms with Crippen molar-refractivity contribution in [2.75, 3.05) is 0 Å². The SMILES string of the molecule is c1ccc(-c2nc(-c3ccccc3)nc(-c3ccc4c(c3)oc3cccc(-c5cccc6sc7cccc(-n8c9ccccc9c9ccccc98)c7c56)c34)n2)cc1. The van der Waals surface area contributed by atoms with Crippen LogP contribution in [-0.4, -0.2) is 19.5 Å². The van der Waals surface area contributed by atoms with Crippen LogP contribution in [0, 0.1) is 0 Å². The summed E-state index contributed by atoms with van der Waals surface area (Å²) in [5, 5.41) is 7.15. The van der Waals surface area contributed by atoms with Gasteiger partial charge in [0.05, 0.1) is 16.7 Å². The Morgan fingerprint density at radius 3 is 1.60 bits per heavy atom. The van der Waals surface area contributed by atoms with Crippen LogP contribution in [0.4, 0.5) is 0 Å². The molecule has 0 saturated carbocycles. The highest BCUT2D eigenvalue weighted by Gasteiger charge is 2.21. The van der Waals surface area contributed by atoms with Crippen molar-refractivity contribution in [3.05, 3.63) is 182 Å². The second-order valence-electron chi connectivity index (χ2n) is 14.3. The summed E-state index contributed by atoms with van der Waals surface area (Å²) in [7, 11) is 0. The van der Waals surface area contributed by atoms with Gasteiger partial charge in [-0.3, -0.25) is 0 Å². The van der Waals surface area contributed by atoms with Crippen LogP contribution in [0.5, 0.6) is 0 Å². The van der Waals surface area contributed by atoms with E-state index < -0.39 is 0 Å². The maximum Gasteiger partial charge on any atom is 0.164 e. The minimum Gasteiger partial charge on any atom is -0.456 e. The average Bonchev–Trinajstić information content (AvgIpc) is 3.96. The molecule has 0 aliphatic heterocycles. The number of aromatic nitrogens is 4. The molecule has 12 rings (SSSR count). The molecule has 0 N–H and O–H groups in total. The quantitative estimate of drug-likeness (QED) is 0.176. The predicted molar refractivity (Wildman–Crippen MR) is 236 cm³/mol. The van der Waals surface area contributed by atoms with Crippen LogP contribution in [-0.2, 0) is 0 Å². The molecule has 4 aromatic heterocycles. The number of nitrogens with zero attached hydrogens (tertiary/aromatic N) is 4. The molecule has 12 aromatic rings. The van der Waals surface area contributed by atoms with Gasteiger partial charge in [0, 0.05) is 58.4 Å². The van der Waals surface area contributed by atoms with E-state index in [9.17, 15) is 0 Å². The zero-order chi connectivity index (χ0) is 37.5. The standard InChI is InChI=1S/C51H30N4OS/c1-3-14-31(15-4-1)49-52-50(32-16-5-2-6-17-32)54-51(53-49)33-28-29-38-43(30-33)56-42-25-11-20-36(46(38)42)37-21-12-26-44-47(37)48-41(24-13-27-45(48)57-44)55-39-22-9-7-18-34(39)35-19-8-10-23-40(35)55/h1-30H. The first kappa shape index (κ1) is 31.9. The van der Waals surface area contributed by atoms with Crippen molar-refractivity contribution >= 4 is 75.3 Å². The fraction of sp³-hybridized carbons (Fsp3) is 0. The summed E-state index contributed by atoms with van der Waals surface area (Å²) < 4.78 is 11.6. The smallest absolute Gasteiger partial charge is 0.164 e. The Bertz CT molecular complexity index is 3420. The van der Waals surface area contributed by atoms with E-state index in [-0.39, 0.29) is 0 Å². The van der Waals surface area contributed by atoms with Gasteiger partial charge in [0.2, 0.25) is 0 Å². The van der Waals surface area contributed by atoms with Gasteiger partial charge in [-0.1, -0.05) is 133 Å². The molecule has 0 radical (unpaired) electrons. The van der Waals surface area contributed by atoms with Crippen LogP contribution in [0.3, 0.4) is 0 Å². The third-order valence-electron chi connectivity index (χ3n) is 11.1. The summed E-state index contributed by atoms with van der Waals surface area (Å²) in [6, 6.07) is 63.7. The molecular formula is C51H30N4OS. The predicted octanol–water partition coefficient (Wildman–Crippen LogP) is 13.9. The fourth-order valence-electron chi connectivity index (χ4n) is 8.57. The van der Waals surface area contributed by atoms with E-state index in [0.29, 0.717) is 17.5 Å². The molecule has 57 heavy (non-hydrogen) atoms. The first-order valence-corrected chi connectivity index (χ1v) is 19.8. The minimum atomic E-state index is 0.595. The monoisotopic (exact) mass is 746 g/mol. The van der Waals surface area contributed by atoms with Crippen molar-refractivity contribution in [3.8, 4) is 51.0 Å². The van der Waals surface area contributed by atoms with Crippen molar-refractivity contribution < 1.29 is 4.42 Å². The van der Waals surface area contributed by atoms with E-state index in [4.69, 9.17) is 19.4 Å². The Kier molecular flexibility index (Phi) is 7.03. The molecule has 5 nitrogen and oxygen atoms in total. The second kappa shape index (κ2) is 12.6. The Morgan fingerprint density at radius 2 is 0.930 bits per heavy atom. The lowest BCUT2D eigenvalue weighted by molar-refractivity contribution is 0.669. The van der Waals surface area contributed by atoms with Crippen LogP contribution in [0.25, 0.3) is 115 Å². The molecule has 8 aromatic carbocycles. The number of hydrogen-bond donors (Lipinski definition) is 0. The van der Waals surface area contributed by atoms with Crippen molar-refractivity contribution in [2.45, 2.75) is 0 Å². The maximum atomic E-state index is 6.69. The summed E-state index contributed by atoms with van der Waals surface area (Å²) in [6.45, 7) is 0. The Balaban J connectivity index is 1.07. The Labute approximate surface area is 330 Å². The van der Waals surface area contributed by atoms with Gasteiger partial charge >= 0.3 is 0 Å². The van der Waals surface area contributed by atoms with Crippen molar-refractivity contribution in [1.29, 1.82) is 0 Å². The van der Waals surface area contributed by atoms with E-state index in [1.807, 2.05) is 72.0 Å². The molecule has 0 unspecified atom stereocenters. The molecule has 0 atom stereocenters. The number of furan rings is 1. The van der Waals surface area contributed by atoms with Crippen LogP contribution in [0.2, 0.25) is 0 Å². The molecule has 0 spiro atoms. The second-order valence-corrected chi connectivity index (χ2v) is 15.4. The average molecular weight is 747 g/mol. The minimum absolute atomic E-state index is 0.595. The number of rotatable bonds is 5. The van der Waals surface area contributed by atoms with Gasteiger partial charge in [0.25, 0.3) is 0 Å². The molecule has 6 heteroatoms. The molecule has 4 heterocycles. The number of thiophene rings is 1. The van der Waals surface area contributed by atoms with Crippen molar-refractivity contribution in [2.24, 2.45) is 0 Å². The highest BCUT2D eigenvalue weighted by atomic mass is 32.1. The Hall–Kier alpha value is -7.41. The van der Waals surface area contributed by atoms with Crippen LogP contribution < -0.4 is 0 Å². The van der Waals surface area contributed by atoms with Gasteiger partial charge in [-0.25, -0.2) is 15.0 Å². The molecular weight excluding hydrogens is 717 g/mol.